The predicted octanol–water partition coefficient (Wildman–Crippen LogP) is 1.72. The SMILES string of the molecule is C[C@@H]1C/C(=N\NC(=O)Cn2ccccc2=O)c2c(O)ccc(F)c21. The molecule has 1 heterocycles. The van der Waals surface area contributed by atoms with Crippen molar-refractivity contribution in [3.8, 4) is 5.75 Å². The minimum Gasteiger partial charge on any atom is -0.507 e. The number of phenols is 1. The van der Waals surface area contributed by atoms with Crippen molar-refractivity contribution in [1.29, 1.82) is 0 Å². The summed E-state index contributed by atoms with van der Waals surface area (Å²) in [4.78, 5) is 23.5. The number of aromatic hydroxyl groups is 1. The quantitative estimate of drug-likeness (QED) is 0.841. The molecule has 1 atom stereocenters. The Kier molecular flexibility index (Phi) is 4.16. The van der Waals surface area contributed by atoms with E-state index in [0.717, 1.165) is 0 Å². The molecule has 7 heteroatoms. The van der Waals surface area contributed by atoms with Crippen LogP contribution in [0.3, 0.4) is 0 Å². The van der Waals surface area contributed by atoms with Crippen LogP contribution < -0.4 is 11.0 Å². The Balaban J connectivity index is 1.80. The number of benzene rings is 1. The van der Waals surface area contributed by atoms with Crippen molar-refractivity contribution in [3.63, 3.8) is 0 Å². The summed E-state index contributed by atoms with van der Waals surface area (Å²) in [7, 11) is 0. The molecule has 24 heavy (non-hydrogen) atoms. The van der Waals surface area contributed by atoms with Crippen molar-refractivity contribution in [2.75, 3.05) is 0 Å². The van der Waals surface area contributed by atoms with Gasteiger partial charge in [0, 0.05) is 23.4 Å². The highest BCUT2D eigenvalue weighted by atomic mass is 19.1. The normalized spacial score (nSPS) is 17.8. The Labute approximate surface area is 137 Å². The lowest BCUT2D eigenvalue weighted by atomic mass is 10.0. The van der Waals surface area contributed by atoms with Crippen LogP contribution in [0.25, 0.3) is 0 Å². The van der Waals surface area contributed by atoms with E-state index in [2.05, 4.69) is 10.5 Å². The van der Waals surface area contributed by atoms with E-state index < -0.39 is 11.7 Å². The van der Waals surface area contributed by atoms with Gasteiger partial charge < -0.3 is 9.67 Å². The molecule has 1 aliphatic rings. The summed E-state index contributed by atoms with van der Waals surface area (Å²) in [6, 6.07) is 7.08. The molecule has 1 aromatic heterocycles. The summed E-state index contributed by atoms with van der Waals surface area (Å²) in [5.74, 6) is -1.09. The monoisotopic (exact) mass is 329 g/mol. The van der Waals surface area contributed by atoms with Crippen molar-refractivity contribution >= 4 is 11.6 Å². The Morgan fingerprint density at radius 3 is 2.96 bits per heavy atom. The summed E-state index contributed by atoms with van der Waals surface area (Å²) in [6.07, 6.45) is 1.92. The third-order valence-electron chi connectivity index (χ3n) is 3.98. The fourth-order valence-electron chi connectivity index (χ4n) is 2.87. The molecular formula is C17H16FN3O3. The van der Waals surface area contributed by atoms with Gasteiger partial charge in [-0.25, -0.2) is 9.82 Å². The van der Waals surface area contributed by atoms with Crippen LogP contribution >= 0.6 is 0 Å². The van der Waals surface area contributed by atoms with E-state index in [4.69, 9.17) is 0 Å². The highest BCUT2D eigenvalue weighted by Gasteiger charge is 2.30. The number of nitrogens with zero attached hydrogens (tertiary/aromatic N) is 2. The summed E-state index contributed by atoms with van der Waals surface area (Å²) in [5.41, 5.74) is 3.23. The molecule has 1 aliphatic carbocycles. The first-order valence-electron chi connectivity index (χ1n) is 7.50. The number of carbonyl (C=O) groups is 1. The molecule has 0 spiro atoms. The van der Waals surface area contributed by atoms with Gasteiger partial charge in [-0.15, -0.1) is 0 Å². The third-order valence-corrected chi connectivity index (χ3v) is 3.98. The summed E-state index contributed by atoms with van der Waals surface area (Å²) >= 11 is 0. The minimum atomic E-state index is -0.479. The van der Waals surface area contributed by atoms with E-state index in [1.54, 1.807) is 12.1 Å². The molecule has 0 aliphatic heterocycles. The van der Waals surface area contributed by atoms with E-state index in [0.29, 0.717) is 23.3 Å². The summed E-state index contributed by atoms with van der Waals surface area (Å²) < 4.78 is 15.2. The largest absolute Gasteiger partial charge is 0.507 e. The first-order chi connectivity index (χ1) is 11.5. The number of carbonyl (C=O) groups excluding carboxylic acids is 1. The topological polar surface area (TPSA) is 83.7 Å². The van der Waals surface area contributed by atoms with Crippen LogP contribution in [0, 0.1) is 5.82 Å². The number of aromatic nitrogens is 1. The molecule has 0 saturated carbocycles. The molecule has 6 nitrogen and oxygen atoms in total. The van der Waals surface area contributed by atoms with Crippen LogP contribution in [0.5, 0.6) is 5.75 Å². The maximum Gasteiger partial charge on any atom is 0.260 e. The maximum absolute atomic E-state index is 13.9. The van der Waals surface area contributed by atoms with Crippen LogP contribution in [-0.2, 0) is 11.3 Å². The molecule has 0 radical (unpaired) electrons. The van der Waals surface area contributed by atoms with E-state index >= 15 is 0 Å². The number of fused-ring (bicyclic) bond motifs is 1. The molecular weight excluding hydrogens is 313 g/mol. The number of halogens is 1. The zero-order chi connectivity index (χ0) is 17.3. The lowest BCUT2D eigenvalue weighted by Gasteiger charge is -2.07. The molecule has 1 amide bonds. The Bertz CT molecular complexity index is 889. The second-order valence-electron chi connectivity index (χ2n) is 5.72. The highest BCUT2D eigenvalue weighted by Crippen LogP contribution is 2.39. The first kappa shape index (κ1) is 15.9. The molecule has 0 bridgehead atoms. The Morgan fingerprint density at radius 1 is 1.42 bits per heavy atom. The molecule has 1 aromatic carbocycles. The van der Waals surface area contributed by atoms with Crippen molar-refractivity contribution in [3.05, 3.63) is 63.8 Å². The standard InChI is InChI=1S/C17H16FN3O3/c1-10-8-12(17-13(22)6-5-11(18)16(10)17)19-20-14(23)9-21-7-3-2-4-15(21)24/h2-7,10,22H,8-9H2,1H3,(H,20,23)/b19-12+/t10-/m1/s1. The average molecular weight is 329 g/mol. The van der Waals surface area contributed by atoms with Gasteiger partial charge >= 0.3 is 0 Å². The molecule has 0 fully saturated rings. The van der Waals surface area contributed by atoms with E-state index in [1.165, 1.54) is 29.0 Å². The van der Waals surface area contributed by atoms with Gasteiger partial charge in [0.2, 0.25) is 0 Å². The Morgan fingerprint density at radius 2 is 2.21 bits per heavy atom. The molecule has 124 valence electrons. The minimum absolute atomic E-state index is 0.0666. The summed E-state index contributed by atoms with van der Waals surface area (Å²) in [6.45, 7) is 1.66. The van der Waals surface area contributed by atoms with Gasteiger partial charge in [-0.3, -0.25) is 9.59 Å². The Hall–Kier alpha value is -2.96. The number of hydrazone groups is 1. The van der Waals surface area contributed by atoms with E-state index in [-0.39, 0.29) is 23.8 Å². The van der Waals surface area contributed by atoms with Crippen molar-refractivity contribution in [2.24, 2.45) is 5.10 Å². The molecule has 0 saturated heterocycles. The smallest absolute Gasteiger partial charge is 0.260 e. The van der Waals surface area contributed by atoms with Gasteiger partial charge in [0.15, 0.2) is 0 Å². The number of hydrogen-bond donors (Lipinski definition) is 2. The fraction of sp³-hybridized carbons (Fsp3) is 0.235. The summed E-state index contributed by atoms with van der Waals surface area (Å²) in [5, 5.41) is 14.0. The predicted molar refractivity (Wildman–Crippen MR) is 86.5 cm³/mol. The number of phenolic OH excluding ortho intramolecular Hbond substituents is 1. The van der Waals surface area contributed by atoms with Crippen LogP contribution in [0.15, 0.2) is 46.4 Å². The average Bonchev–Trinajstić information content (AvgIpc) is 2.89. The van der Waals surface area contributed by atoms with E-state index in [9.17, 15) is 19.1 Å². The van der Waals surface area contributed by atoms with Gasteiger partial charge in [-0.05, 0) is 30.5 Å². The zero-order valence-corrected chi connectivity index (χ0v) is 13.0. The van der Waals surface area contributed by atoms with Crippen molar-refractivity contribution in [1.82, 2.24) is 9.99 Å². The van der Waals surface area contributed by atoms with Crippen LogP contribution in [0.2, 0.25) is 0 Å². The molecule has 0 unspecified atom stereocenters. The third kappa shape index (κ3) is 2.92. The molecule has 3 rings (SSSR count). The number of rotatable bonds is 3. The highest BCUT2D eigenvalue weighted by molar-refractivity contribution is 6.07. The van der Waals surface area contributed by atoms with Crippen LogP contribution in [0.4, 0.5) is 4.39 Å². The maximum atomic E-state index is 13.9. The zero-order valence-electron chi connectivity index (χ0n) is 13.0. The van der Waals surface area contributed by atoms with Crippen LogP contribution in [0.1, 0.15) is 30.4 Å². The van der Waals surface area contributed by atoms with E-state index in [1.807, 2.05) is 6.92 Å². The number of hydrogen-bond acceptors (Lipinski definition) is 4. The van der Waals surface area contributed by atoms with Gasteiger partial charge in [-0.1, -0.05) is 13.0 Å². The molecule has 2 aromatic rings. The van der Waals surface area contributed by atoms with Gasteiger partial charge in [0.1, 0.15) is 18.1 Å². The van der Waals surface area contributed by atoms with Gasteiger partial charge in [0.25, 0.3) is 11.5 Å². The van der Waals surface area contributed by atoms with Gasteiger partial charge in [-0.2, -0.15) is 5.10 Å². The second kappa shape index (κ2) is 6.27. The van der Waals surface area contributed by atoms with Crippen molar-refractivity contribution < 1.29 is 14.3 Å². The first-order valence-corrected chi connectivity index (χ1v) is 7.50. The molecule has 2 N–H and O–H groups in total. The number of pyridine rings is 1. The fourth-order valence-corrected chi connectivity index (χ4v) is 2.87. The lowest BCUT2D eigenvalue weighted by molar-refractivity contribution is -0.121. The van der Waals surface area contributed by atoms with Crippen molar-refractivity contribution in [2.45, 2.75) is 25.8 Å². The number of amides is 1. The van der Waals surface area contributed by atoms with Gasteiger partial charge in [0.05, 0.1) is 5.71 Å². The lowest BCUT2D eigenvalue weighted by Crippen LogP contribution is -2.29. The van der Waals surface area contributed by atoms with Crippen LogP contribution in [-0.4, -0.2) is 21.3 Å². The second-order valence-corrected chi connectivity index (χ2v) is 5.72. The number of nitrogens with one attached hydrogen (secondary N) is 1.